The molecule has 0 aliphatic rings. The van der Waals surface area contributed by atoms with Crippen molar-refractivity contribution in [2.45, 2.75) is 33.2 Å². The van der Waals surface area contributed by atoms with Crippen LogP contribution >= 0.6 is 0 Å². The molecule has 0 aromatic heterocycles. The summed E-state index contributed by atoms with van der Waals surface area (Å²) in [6, 6.07) is 6.68. The number of rotatable bonds is 4. The van der Waals surface area contributed by atoms with E-state index in [4.69, 9.17) is 6.42 Å². The van der Waals surface area contributed by atoms with E-state index in [1.54, 1.807) is 0 Å². The molecule has 0 spiro atoms. The van der Waals surface area contributed by atoms with Crippen LogP contribution in [0.3, 0.4) is 0 Å². The van der Waals surface area contributed by atoms with Crippen molar-refractivity contribution in [1.29, 1.82) is 0 Å². The molecule has 1 atom stereocenters. The summed E-state index contributed by atoms with van der Waals surface area (Å²) < 4.78 is 0. The standard InChI is InChI=1S/C14H19N/c1-5-14(15-6-2)10-13-8-7-11(3)12(4)9-13/h1,7-9,14-15H,6,10H2,2-4H3. The van der Waals surface area contributed by atoms with Crippen molar-refractivity contribution in [2.24, 2.45) is 0 Å². The van der Waals surface area contributed by atoms with Crippen molar-refractivity contribution in [3.63, 3.8) is 0 Å². The maximum absolute atomic E-state index is 5.46. The zero-order valence-electron chi connectivity index (χ0n) is 9.80. The highest BCUT2D eigenvalue weighted by Crippen LogP contribution is 2.11. The fourth-order valence-electron chi connectivity index (χ4n) is 1.60. The number of nitrogens with one attached hydrogen (secondary N) is 1. The van der Waals surface area contributed by atoms with Crippen LogP contribution in [0.4, 0.5) is 0 Å². The molecule has 0 radical (unpaired) electrons. The Morgan fingerprint density at radius 1 is 1.33 bits per heavy atom. The van der Waals surface area contributed by atoms with Crippen LogP contribution in [0.15, 0.2) is 18.2 Å². The zero-order chi connectivity index (χ0) is 11.3. The van der Waals surface area contributed by atoms with E-state index in [0.29, 0.717) is 0 Å². The van der Waals surface area contributed by atoms with Crippen molar-refractivity contribution in [1.82, 2.24) is 5.32 Å². The molecule has 1 aromatic carbocycles. The molecule has 0 amide bonds. The summed E-state index contributed by atoms with van der Waals surface area (Å²) in [6.07, 6.45) is 6.37. The van der Waals surface area contributed by atoms with Gasteiger partial charge in [-0.1, -0.05) is 31.0 Å². The summed E-state index contributed by atoms with van der Waals surface area (Å²) in [4.78, 5) is 0. The predicted octanol–water partition coefficient (Wildman–Crippen LogP) is 2.46. The van der Waals surface area contributed by atoms with Crippen molar-refractivity contribution in [3.05, 3.63) is 34.9 Å². The largest absolute Gasteiger partial charge is 0.304 e. The van der Waals surface area contributed by atoms with Crippen LogP contribution in [-0.2, 0) is 6.42 Å². The molecule has 15 heavy (non-hydrogen) atoms. The molecule has 0 fully saturated rings. The highest BCUT2D eigenvalue weighted by molar-refractivity contribution is 5.31. The first-order valence-electron chi connectivity index (χ1n) is 5.43. The Morgan fingerprint density at radius 3 is 2.60 bits per heavy atom. The van der Waals surface area contributed by atoms with E-state index in [1.165, 1.54) is 16.7 Å². The quantitative estimate of drug-likeness (QED) is 0.738. The molecule has 1 rings (SSSR count). The summed E-state index contributed by atoms with van der Waals surface area (Å²) in [6.45, 7) is 7.25. The second-order valence-electron chi connectivity index (χ2n) is 3.90. The lowest BCUT2D eigenvalue weighted by Gasteiger charge is -2.12. The van der Waals surface area contributed by atoms with Gasteiger partial charge >= 0.3 is 0 Å². The van der Waals surface area contributed by atoms with Gasteiger partial charge in [0, 0.05) is 0 Å². The molecule has 1 aromatic rings. The molecular weight excluding hydrogens is 182 g/mol. The van der Waals surface area contributed by atoms with Crippen LogP contribution in [0, 0.1) is 26.2 Å². The third-order valence-electron chi connectivity index (χ3n) is 2.66. The number of benzene rings is 1. The maximum Gasteiger partial charge on any atom is 0.0727 e. The molecular formula is C14H19N. The van der Waals surface area contributed by atoms with Gasteiger partial charge in [0.1, 0.15) is 0 Å². The van der Waals surface area contributed by atoms with E-state index in [2.05, 4.69) is 50.2 Å². The van der Waals surface area contributed by atoms with Crippen molar-refractivity contribution < 1.29 is 0 Å². The Labute approximate surface area is 92.9 Å². The number of likely N-dealkylation sites (N-methyl/N-ethyl adjacent to an activating group) is 1. The zero-order valence-corrected chi connectivity index (χ0v) is 9.80. The lowest BCUT2D eigenvalue weighted by Crippen LogP contribution is -2.29. The molecule has 0 heterocycles. The van der Waals surface area contributed by atoms with Gasteiger partial charge in [0.15, 0.2) is 0 Å². The third kappa shape index (κ3) is 3.42. The fraction of sp³-hybridized carbons (Fsp3) is 0.429. The Hall–Kier alpha value is -1.26. The summed E-state index contributed by atoms with van der Waals surface area (Å²) in [7, 11) is 0. The number of hydrogen-bond acceptors (Lipinski definition) is 1. The summed E-state index contributed by atoms with van der Waals surface area (Å²) >= 11 is 0. The van der Waals surface area contributed by atoms with Gasteiger partial charge in [-0.3, -0.25) is 0 Å². The Kier molecular flexibility index (Phi) is 4.39. The molecule has 80 valence electrons. The summed E-state index contributed by atoms with van der Waals surface area (Å²) in [5, 5.41) is 3.28. The van der Waals surface area contributed by atoms with E-state index in [1.807, 2.05) is 0 Å². The van der Waals surface area contributed by atoms with E-state index in [0.717, 1.165) is 13.0 Å². The van der Waals surface area contributed by atoms with E-state index >= 15 is 0 Å². The molecule has 1 nitrogen and oxygen atoms in total. The molecule has 0 aliphatic heterocycles. The van der Waals surface area contributed by atoms with Gasteiger partial charge in [0.2, 0.25) is 0 Å². The fourth-order valence-corrected chi connectivity index (χ4v) is 1.60. The van der Waals surface area contributed by atoms with Crippen molar-refractivity contribution in [2.75, 3.05) is 6.54 Å². The Balaban J connectivity index is 2.72. The average molecular weight is 201 g/mol. The predicted molar refractivity (Wildman–Crippen MR) is 65.9 cm³/mol. The van der Waals surface area contributed by atoms with Crippen molar-refractivity contribution in [3.8, 4) is 12.3 Å². The second-order valence-corrected chi connectivity index (χ2v) is 3.90. The lowest BCUT2D eigenvalue weighted by atomic mass is 10.0. The SMILES string of the molecule is C#CC(Cc1ccc(C)c(C)c1)NCC. The van der Waals surface area contributed by atoms with Gasteiger partial charge in [-0.05, 0) is 43.5 Å². The first-order valence-corrected chi connectivity index (χ1v) is 5.43. The van der Waals surface area contributed by atoms with Crippen LogP contribution in [0.1, 0.15) is 23.6 Å². The van der Waals surface area contributed by atoms with Gasteiger partial charge in [-0.25, -0.2) is 0 Å². The normalized spacial score (nSPS) is 12.1. The summed E-state index contributed by atoms with van der Waals surface area (Å²) in [5.41, 5.74) is 3.97. The molecule has 1 unspecified atom stereocenters. The monoisotopic (exact) mass is 201 g/mol. The minimum Gasteiger partial charge on any atom is -0.304 e. The number of hydrogen-bond donors (Lipinski definition) is 1. The van der Waals surface area contributed by atoms with E-state index in [9.17, 15) is 0 Å². The lowest BCUT2D eigenvalue weighted by molar-refractivity contribution is 0.628. The number of terminal acetylenes is 1. The Bertz CT molecular complexity index is 360. The van der Waals surface area contributed by atoms with E-state index < -0.39 is 0 Å². The molecule has 0 saturated carbocycles. The summed E-state index contributed by atoms with van der Waals surface area (Å²) in [5.74, 6) is 2.77. The van der Waals surface area contributed by atoms with Gasteiger partial charge in [-0.2, -0.15) is 0 Å². The van der Waals surface area contributed by atoms with Crippen molar-refractivity contribution >= 4 is 0 Å². The minimum atomic E-state index is 0.150. The third-order valence-corrected chi connectivity index (χ3v) is 2.66. The smallest absolute Gasteiger partial charge is 0.0727 e. The van der Waals surface area contributed by atoms with E-state index in [-0.39, 0.29) is 6.04 Å². The average Bonchev–Trinajstić information content (AvgIpc) is 2.23. The van der Waals surface area contributed by atoms with Gasteiger partial charge in [0.05, 0.1) is 6.04 Å². The molecule has 1 heteroatoms. The first-order chi connectivity index (χ1) is 7.17. The molecule has 0 saturated heterocycles. The van der Waals surface area contributed by atoms with Crippen LogP contribution < -0.4 is 5.32 Å². The molecule has 0 bridgehead atoms. The molecule has 0 aliphatic carbocycles. The van der Waals surface area contributed by atoms with Gasteiger partial charge in [-0.15, -0.1) is 6.42 Å². The highest BCUT2D eigenvalue weighted by atomic mass is 14.9. The molecule has 1 N–H and O–H groups in total. The highest BCUT2D eigenvalue weighted by Gasteiger charge is 2.04. The van der Waals surface area contributed by atoms with Crippen LogP contribution in [0.2, 0.25) is 0 Å². The van der Waals surface area contributed by atoms with Crippen LogP contribution in [-0.4, -0.2) is 12.6 Å². The number of aryl methyl sites for hydroxylation is 2. The first kappa shape index (κ1) is 11.8. The minimum absolute atomic E-state index is 0.150. The Morgan fingerprint density at radius 2 is 2.07 bits per heavy atom. The van der Waals surface area contributed by atoms with Crippen LogP contribution in [0.5, 0.6) is 0 Å². The topological polar surface area (TPSA) is 12.0 Å². The second kappa shape index (κ2) is 5.58. The van der Waals surface area contributed by atoms with Gasteiger partial charge < -0.3 is 5.32 Å². The maximum atomic E-state index is 5.46. The van der Waals surface area contributed by atoms with Crippen LogP contribution in [0.25, 0.3) is 0 Å². The van der Waals surface area contributed by atoms with Gasteiger partial charge in [0.25, 0.3) is 0 Å².